The maximum atomic E-state index is 11.7. The molecular formula is C15H23N3O3. The van der Waals surface area contributed by atoms with E-state index in [0.717, 1.165) is 32.1 Å². The van der Waals surface area contributed by atoms with Crippen LogP contribution in [0.4, 0.5) is 5.82 Å². The number of rotatable bonds is 6. The maximum absolute atomic E-state index is 11.7. The predicted molar refractivity (Wildman–Crippen MR) is 79.5 cm³/mol. The second kappa shape index (κ2) is 7.24. The first-order valence-corrected chi connectivity index (χ1v) is 7.63. The lowest BCUT2D eigenvalue weighted by molar-refractivity contribution is -0.142. The van der Waals surface area contributed by atoms with E-state index in [1.807, 2.05) is 6.92 Å². The van der Waals surface area contributed by atoms with Crippen LogP contribution in [0, 0.1) is 0 Å². The number of carbonyl (C=O) groups is 1. The van der Waals surface area contributed by atoms with Crippen LogP contribution in [0.2, 0.25) is 0 Å². The number of hydrogen-bond acceptors (Lipinski definition) is 5. The predicted octanol–water partition coefficient (Wildman–Crippen LogP) is 2.85. The van der Waals surface area contributed by atoms with Gasteiger partial charge < -0.3 is 15.2 Å². The van der Waals surface area contributed by atoms with E-state index in [1.54, 1.807) is 12.4 Å². The second-order valence-corrected chi connectivity index (χ2v) is 5.52. The summed E-state index contributed by atoms with van der Waals surface area (Å²) in [7, 11) is 0. The number of nitrogens with zero attached hydrogens (tertiary/aromatic N) is 2. The molecule has 1 aromatic rings. The van der Waals surface area contributed by atoms with Gasteiger partial charge in [-0.05, 0) is 19.3 Å². The third kappa shape index (κ3) is 4.06. The Morgan fingerprint density at radius 3 is 2.67 bits per heavy atom. The summed E-state index contributed by atoms with van der Waals surface area (Å²) in [5.41, 5.74) is -0.936. The Balaban J connectivity index is 2.14. The molecule has 1 heterocycles. The molecule has 1 aliphatic carbocycles. The van der Waals surface area contributed by atoms with Gasteiger partial charge in [-0.1, -0.05) is 32.6 Å². The van der Waals surface area contributed by atoms with E-state index in [0.29, 0.717) is 31.1 Å². The average Bonchev–Trinajstić information content (AvgIpc) is 2.72. The molecule has 1 fully saturated rings. The van der Waals surface area contributed by atoms with Crippen LogP contribution in [-0.2, 0) is 4.79 Å². The van der Waals surface area contributed by atoms with Gasteiger partial charge in [0.2, 0.25) is 5.88 Å². The van der Waals surface area contributed by atoms with E-state index in [-0.39, 0.29) is 0 Å². The van der Waals surface area contributed by atoms with Gasteiger partial charge in [0.1, 0.15) is 11.4 Å². The molecule has 0 unspecified atom stereocenters. The molecule has 2 N–H and O–H groups in total. The van der Waals surface area contributed by atoms with E-state index < -0.39 is 11.5 Å². The third-order valence-electron chi connectivity index (χ3n) is 3.80. The van der Waals surface area contributed by atoms with Gasteiger partial charge in [-0.2, -0.15) is 4.98 Å². The van der Waals surface area contributed by atoms with Crippen LogP contribution < -0.4 is 10.1 Å². The topological polar surface area (TPSA) is 84.3 Å². The second-order valence-electron chi connectivity index (χ2n) is 5.52. The Kier molecular flexibility index (Phi) is 5.36. The van der Waals surface area contributed by atoms with Crippen LogP contribution in [0.15, 0.2) is 12.4 Å². The van der Waals surface area contributed by atoms with E-state index in [4.69, 9.17) is 4.74 Å². The minimum Gasteiger partial charge on any atom is -0.480 e. The fourth-order valence-electron chi connectivity index (χ4n) is 2.65. The molecule has 1 aliphatic rings. The lowest BCUT2D eigenvalue weighted by Gasteiger charge is -2.29. The summed E-state index contributed by atoms with van der Waals surface area (Å²) in [4.78, 5) is 20.1. The number of ether oxygens (including phenoxy) is 1. The molecule has 21 heavy (non-hydrogen) atoms. The quantitative estimate of drug-likeness (QED) is 0.785. The molecule has 0 spiro atoms. The first kappa shape index (κ1) is 15.5. The fraction of sp³-hybridized carbons (Fsp3) is 0.667. The number of anilines is 1. The zero-order chi connectivity index (χ0) is 15.1. The summed E-state index contributed by atoms with van der Waals surface area (Å²) in [5.74, 6) is 0.0787. The van der Waals surface area contributed by atoms with E-state index in [2.05, 4.69) is 15.3 Å². The van der Waals surface area contributed by atoms with Crippen LogP contribution in [-0.4, -0.2) is 33.2 Å². The fourth-order valence-corrected chi connectivity index (χ4v) is 2.65. The third-order valence-corrected chi connectivity index (χ3v) is 3.80. The molecule has 1 aromatic heterocycles. The van der Waals surface area contributed by atoms with Crippen molar-refractivity contribution >= 4 is 11.8 Å². The van der Waals surface area contributed by atoms with E-state index >= 15 is 0 Å². The van der Waals surface area contributed by atoms with Crippen LogP contribution >= 0.6 is 0 Å². The van der Waals surface area contributed by atoms with Crippen molar-refractivity contribution in [1.82, 2.24) is 9.97 Å². The van der Waals surface area contributed by atoms with Crippen molar-refractivity contribution < 1.29 is 14.6 Å². The average molecular weight is 293 g/mol. The summed E-state index contributed by atoms with van der Waals surface area (Å²) in [5, 5.41) is 12.7. The highest BCUT2D eigenvalue weighted by atomic mass is 16.5. The summed E-state index contributed by atoms with van der Waals surface area (Å²) in [6, 6.07) is 0. The Morgan fingerprint density at radius 1 is 1.33 bits per heavy atom. The molecule has 0 amide bonds. The molecule has 0 atom stereocenters. The zero-order valence-electron chi connectivity index (χ0n) is 12.5. The smallest absolute Gasteiger partial charge is 0.329 e. The molecule has 2 rings (SSSR count). The standard InChI is InChI=1S/C15H23N3O3/c1-2-9-21-13-11-16-10-12(17-13)18-15(14(19)20)7-5-3-4-6-8-15/h10-11H,2-9H2,1H3,(H,17,18)(H,19,20). The van der Waals surface area contributed by atoms with Gasteiger partial charge in [-0.3, -0.25) is 4.98 Å². The van der Waals surface area contributed by atoms with E-state index in [1.165, 1.54) is 0 Å². The zero-order valence-corrected chi connectivity index (χ0v) is 12.5. The number of aromatic nitrogens is 2. The summed E-state index contributed by atoms with van der Waals surface area (Å²) < 4.78 is 5.44. The van der Waals surface area contributed by atoms with Gasteiger partial charge in [0.05, 0.1) is 19.0 Å². The Labute approximate surface area is 124 Å². The highest BCUT2D eigenvalue weighted by Gasteiger charge is 2.39. The van der Waals surface area contributed by atoms with Crippen molar-refractivity contribution in [2.75, 3.05) is 11.9 Å². The molecule has 116 valence electrons. The number of carboxylic acid groups (broad SMARTS) is 1. The molecule has 6 nitrogen and oxygen atoms in total. The molecule has 0 radical (unpaired) electrons. The van der Waals surface area contributed by atoms with Crippen molar-refractivity contribution in [2.45, 2.75) is 57.4 Å². The highest BCUT2D eigenvalue weighted by Crippen LogP contribution is 2.30. The van der Waals surface area contributed by atoms with Crippen molar-refractivity contribution in [3.05, 3.63) is 12.4 Å². The molecule has 6 heteroatoms. The maximum Gasteiger partial charge on any atom is 0.329 e. The first-order chi connectivity index (χ1) is 10.2. The first-order valence-electron chi connectivity index (χ1n) is 7.63. The van der Waals surface area contributed by atoms with Crippen molar-refractivity contribution in [3.8, 4) is 5.88 Å². The number of aliphatic carboxylic acids is 1. The molecule has 1 saturated carbocycles. The molecular weight excluding hydrogens is 270 g/mol. The molecule has 0 aromatic carbocycles. The normalized spacial score (nSPS) is 17.8. The molecule has 0 saturated heterocycles. The summed E-state index contributed by atoms with van der Waals surface area (Å²) in [6.07, 6.45) is 9.21. The van der Waals surface area contributed by atoms with Gasteiger partial charge >= 0.3 is 5.97 Å². The summed E-state index contributed by atoms with van der Waals surface area (Å²) in [6.45, 7) is 2.59. The number of nitrogens with one attached hydrogen (secondary N) is 1. The number of hydrogen-bond donors (Lipinski definition) is 2. The van der Waals surface area contributed by atoms with Gasteiger partial charge in [-0.25, -0.2) is 4.79 Å². The van der Waals surface area contributed by atoms with Gasteiger partial charge in [-0.15, -0.1) is 0 Å². The molecule has 0 aliphatic heterocycles. The summed E-state index contributed by atoms with van der Waals surface area (Å²) >= 11 is 0. The van der Waals surface area contributed by atoms with Gasteiger partial charge in [0.25, 0.3) is 0 Å². The van der Waals surface area contributed by atoms with Crippen LogP contribution in [0.5, 0.6) is 5.88 Å². The number of carboxylic acids is 1. The van der Waals surface area contributed by atoms with Crippen molar-refractivity contribution in [1.29, 1.82) is 0 Å². The van der Waals surface area contributed by atoms with Gasteiger partial charge in [0, 0.05) is 0 Å². The van der Waals surface area contributed by atoms with Crippen LogP contribution in [0.1, 0.15) is 51.9 Å². The van der Waals surface area contributed by atoms with E-state index in [9.17, 15) is 9.90 Å². The minimum atomic E-state index is -0.936. The Bertz CT molecular complexity index is 471. The largest absolute Gasteiger partial charge is 0.480 e. The van der Waals surface area contributed by atoms with Crippen molar-refractivity contribution in [2.24, 2.45) is 0 Å². The van der Waals surface area contributed by atoms with Crippen LogP contribution in [0.3, 0.4) is 0 Å². The minimum absolute atomic E-state index is 0.427. The SMILES string of the molecule is CCCOc1cncc(NC2(C(=O)O)CCCCCC2)n1. The monoisotopic (exact) mass is 293 g/mol. The molecule has 0 bridgehead atoms. The van der Waals surface area contributed by atoms with Crippen LogP contribution in [0.25, 0.3) is 0 Å². The lowest BCUT2D eigenvalue weighted by Crippen LogP contribution is -2.46. The van der Waals surface area contributed by atoms with Gasteiger partial charge in [0.15, 0.2) is 0 Å². The lowest BCUT2D eigenvalue weighted by atomic mass is 9.90. The van der Waals surface area contributed by atoms with Crippen molar-refractivity contribution in [3.63, 3.8) is 0 Å². The Morgan fingerprint density at radius 2 is 2.05 bits per heavy atom. The Hall–Kier alpha value is -1.85. The highest BCUT2D eigenvalue weighted by molar-refractivity contribution is 5.82.